The second kappa shape index (κ2) is 4.59. The van der Waals surface area contributed by atoms with Gasteiger partial charge in [0.1, 0.15) is 0 Å². The van der Waals surface area contributed by atoms with E-state index < -0.39 is 0 Å². The number of fused-ring (bicyclic) bond motifs is 1. The largest absolute Gasteiger partial charge is 0.350 e. The third kappa shape index (κ3) is 1.92. The van der Waals surface area contributed by atoms with Crippen molar-refractivity contribution in [2.45, 2.75) is 0 Å². The smallest absolute Gasteiger partial charge is 0.181 e. The molecule has 0 saturated carbocycles. The summed E-state index contributed by atoms with van der Waals surface area (Å²) in [4.78, 5) is 4.63. The van der Waals surface area contributed by atoms with Gasteiger partial charge in [-0.25, -0.2) is 4.98 Å². The monoisotopic (exact) mass is 274 g/mol. The van der Waals surface area contributed by atoms with Crippen molar-refractivity contribution in [2.75, 3.05) is 0 Å². The Balaban J connectivity index is 1.85. The van der Waals surface area contributed by atoms with E-state index >= 15 is 0 Å². The molecule has 0 bridgehead atoms. The third-order valence-electron chi connectivity index (χ3n) is 3.67. The number of rotatable bonds is 2. The van der Waals surface area contributed by atoms with E-state index in [1.165, 1.54) is 10.9 Å². The first-order chi connectivity index (χ1) is 10.3. The Morgan fingerprint density at radius 3 is 2.57 bits per heavy atom. The highest BCUT2D eigenvalue weighted by Crippen LogP contribution is 2.28. The predicted molar refractivity (Wildman–Crippen MR) is 83.7 cm³/mol. The number of nitrogens with one attached hydrogen (secondary N) is 1. The second-order valence-electron chi connectivity index (χ2n) is 5.04. The van der Waals surface area contributed by atoms with Gasteiger partial charge in [0, 0.05) is 35.3 Å². The Morgan fingerprint density at radius 2 is 1.71 bits per heavy atom. The van der Waals surface area contributed by atoms with Gasteiger partial charge in [0.2, 0.25) is 0 Å². The Bertz CT molecular complexity index is 903. The van der Waals surface area contributed by atoms with E-state index in [2.05, 4.69) is 38.1 Å². The van der Waals surface area contributed by atoms with E-state index in [9.17, 15) is 0 Å². The molecule has 0 fully saturated rings. The van der Waals surface area contributed by atoms with Crippen molar-refractivity contribution < 1.29 is 0 Å². The first-order valence-electron chi connectivity index (χ1n) is 6.85. The average Bonchev–Trinajstić information content (AvgIpc) is 3.14. The lowest BCUT2D eigenvalue weighted by molar-refractivity contribution is 0.968. The first kappa shape index (κ1) is 11.9. The molecule has 1 N–H and O–H groups in total. The molecule has 0 aliphatic heterocycles. The number of nitrogens with zero attached hydrogens (tertiary/aromatic N) is 3. The number of H-pyrrole nitrogens is 1. The number of aromatic amines is 1. The van der Waals surface area contributed by atoms with Crippen LogP contribution in [0.4, 0.5) is 0 Å². The highest BCUT2D eigenvalue weighted by molar-refractivity contribution is 5.94. The molecule has 0 aliphatic rings. The van der Waals surface area contributed by atoms with Crippen molar-refractivity contribution in [3.8, 4) is 22.8 Å². The molecule has 0 amide bonds. The van der Waals surface area contributed by atoms with Crippen LogP contribution in [0.15, 0.2) is 60.8 Å². The summed E-state index contributed by atoms with van der Waals surface area (Å²) in [6.07, 6.45) is 2.08. The Morgan fingerprint density at radius 1 is 0.952 bits per heavy atom. The Kier molecular flexibility index (Phi) is 2.60. The summed E-state index contributed by atoms with van der Waals surface area (Å²) in [7, 11) is 2.04. The van der Waals surface area contributed by atoms with Gasteiger partial charge in [-0.05, 0) is 6.07 Å². The number of para-hydroxylation sites is 1. The zero-order valence-corrected chi connectivity index (χ0v) is 11.6. The fourth-order valence-electron chi connectivity index (χ4n) is 2.63. The van der Waals surface area contributed by atoms with Crippen molar-refractivity contribution in [3.05, 3.63) is 60.8 Å². The molecule has 2 aromatic heterocycles. The molecule has 0 spiro atoms. The summed E-state index contributed by atoms with van der Waals surface area (Å²) >= 11 is 0. The molecule has 0 radical (unpaired) electrons. The average molecular weight is 274 g/mol. The van der Waals surface area contributed by atoms with E-state index in [4.69, 9.17) is 0 Å². The van der Waals surface area contributed by atoms with Gasteiger partial charge in [-0.15, -0.1) is 0 Å². The SMILES string of the molecule is Cn1cc(-c2nc(-c3ccccc3)n[nH]2)c2ccccc21. The summed E-state index contributed by atoms with van der Waals surface area (Å²) in [6, 6.07) is 18.3. The van der Waals surface area contributed by atoms with Gasteiger partial charge in [-0.1, -0.05) is 48.5 Å². The van der Waals surface area contributed by atoms with Gasteiger partial charge < -0.3 is 4.57 Å². The van der Waals surface area contributed by atoms with Crippen LogP contribution in [0.3, 0.4) is 0 Å². The van der Waals surface area contributed by atoms with E-state index in [1.807, 2.05) is 49.5 Å². The van der Waals surface area contributed by atoms with Crippen LogP contribution in [-0.4, -0.2) is 19.7 Å². The van der Waals surface area contributed by atoms with E-state index in [0.29, 0.717) is 0 Å². The number of aryl methyl sites for hydroxylation is 1. The molecule has 21 heavy (non-hydrogen) atoms. The van der Waals surface area contributed by atoms with Crippen molar-refractivity contribution >= 4 is 10.9 Å². The molecule has 2 heterocycles. The molecule has 4 nitrogen and oxygen atoms in total. The molecular formula is C17H14N4. The molecule has 0 saturated heterocycles. The first-order valence-corrected chi connectivity index (χ1v) is 6.85. The van der Waals surface area contributed by atoms with Crippen LogP contribution in [0.2, 0.25) is 0 Å². The van der Waals surface area contributed by atoms with E-state index in [1.54, 1.807) is 0 Å². The van der Waals surface area contributed by atoms with Crippen molar-refractivity contribution in [1.29, 1.82) is 0 Å². The van der Waals surface area contributed by atoms with Crippen LogP contribution in [-0.2, 0) is 7.05 Å². The van der Waals surface area contributed by atoms with Gasteiger partial charge in [0.25, 0.3) is 0 Å². The van der Waals surface area contributed by atoms with Crippen LogP contribution in [0.1, 0.15) is 0 Å². The van der Waals surface area contributed by atoms with Gasteiger partial charge in [0.05, 0.1) is 0 Å². The molecule has 2 aromatic carbocycles. The number of hydrogen-bond donors (Lipinski definition) is 1. The van der Waals surface area contributed by atoms with Crippen LogP contribution in [0.5, 0.6) is 0 Å². The fourth-order valence-corrected chi connectivity index (χ4v) is 2.63. The van der Waals surface area contributed by atoms with Gasteiger partial charge in [-0.2, -0.15) is 5.10 Å². The summed E-state index contributed by atoms with van der Waals surface area (Å²) in [5.74, 6) is 1.52. The minimum Gasteiger partial charge on any atom is -0.350 e. The molecule has 0 atom stereocenters. The highest BCUT2D eigenvalue weighted by Gasteiger charge is 2.12. The minimum atomic E-state index is 0.721. The minimum absolute atomic E-state index is 0.721. The molecule has 4 rings (SSSR count). The van der Waals surface area contributed by atoms with Crippen molar-refractivity contribution in [3.63, 3.8) is 0 Å². The van der Waals surface area contributed by atoms with E-state index in [-0.39, 0.29) is 0 Å². The standard InChI is InChI=1S/C17H14N4/c1-21-11-14(13-9-5-6-10-15(13)21)17-18-16(19-20-17)12-7-3-2-4-8-12/h2-11H,1H3,(H,18,19,20). The molecule has 4 heteroatoms. The maximum absolute atomic E-state index is 4.63. The van der Waals surface area contributed by atoms with Crippen LogP contribution in [0.25, 0.3) is 33.7 Å². The zero-order valence-electron chi connectivity index (χ0n) is 11.6. The molecular weight excluding hydrogens is 260 g/mol. The van der Waals surface area contributed by atoms with Crippen LogP contribution >= 0.6 is 0 Å². The Hall–Kier alpha value is -2.88. The lowest BCUT2D eigenvalue weighted by atomic mass is 10.1. The van der Waals surface area contributed by atoms with Crippen LogP contribution < -0.4 is 0 Å². The van der Waals surface area contributed by atoms with Gasteiger partial charge in [-0.3, -0.25) is 5.10 Å². The molecule has 0 aliphatic carbocycles. The maximum atomic E-state index is 4.63. The normalized spacial score (nSPS) is 11.1. The summed E-state index contributed by atoms with van der Waals surface area (Å²) < 4.78 is 2.11. The summed E-state index contributed by atoms with van der Waals surface area (Å²) in [5, 5.41) is 8.56. The second-order valence-corrected chi connectivity index (χ2v) is 5.04. The number of hydrogen-bond acceptors (Lipinski definition) is 2. The number of aromatic nitrogens is 4. The Labute approximate surface area is 122 Å². The van der Waals surface area contributed by atoms with Gasteiger partial charge >= 0.3 is 0 Å². The predicted octanol–water partition coefficient (Wildman–Crippen LogP) is 3.63. The van der Waals surface area contributed by atoms with Gasteiger partial charge in [0.15, 0.2) is 11.6 Å². The molecule has 4 aromatic rings. The summed E-state index contributed by atoms with van der Waals surface area (Å²) in [6.45, 7) is 0. The maximum Gasteiger partial charge on any atom is 0.181 e. The van der Waals surface area contributed by atoms with Crippen LogP contribution in [0, 0.1) is 0 Å². The zero-order chi connectivity index (χ0) is 14.2. The third-order valence-corrected chi connectivity index (χ3v) is 3.67. The van der Waals surface area contributed by atoms with Crippen molar-refractivity contribution in [2.24, 2.45) is 7.05 Å². The molecule has 0 unspecified atom stereocenters. The topological polar surface area (TPSA) is 46.5 Å². The summed E-state index contributed by atoms with van der Waals surface area (Å²) in [5.41, 5.74) is 3.27. The quantitative estimate of drug-likeness (QED) is 0.606. The highest BCUT2D eigenvalue weighted by atomic mass is 15.2. The van der Waals surface area contributed by atoms with Crippen molar-refractivity contribution in [1.82, 2.24) is 19.7 Å². The lowest BCUT2D eigenvalue weighted by Crippen LogP contribution is -1.82. The fraction of sp³-hybridized carbons (Fsp3) is 0.0588. The number of benzene rings is 2. The molecule has 102 valence electrons. The lowest BCUT2D eigenvalue weighted by Gasteiger charge is -1.94. The van der Waals surface area contributed by atoms with E-state index in [0.717, 1.165) is 22.8 Å².